The third-order valence-corrected chi connectivity index (χ3v) is 4.67. The first-order chi connectivity index (χ1) is 14.9. The van der Waals surface area contributed by atoms with E-state index in [9.17, 15) is 18.4 Å². The van der Waals surface area contributed by atoms with Crippen molar-refractivity contribution in [2.75, 3.05) is 31.0 Å². The van der Waals surface area contributed by atoms with Gasteiger partial charge in [-0.2, -0.15) is 20.5 Å². The van der Waals surface area contributed by atoms with E-state index in [2.05, 4.69) is 15.4 Å². The molecule has 10 heteroatoms. The van der Waals surface area contributed by atoms with Crippen LogP contribution in [0, 0.1) is 0 Å². The number of ether oxygens (including phenoxy) is 3. The van der Waals surface area contributed by atoms with Gasteiger partial charge in [0.05, 0.1) is 7.11 Å². The number of amides is 2. The lowest BCUT2D eigenvalue weighted by atomic mass is 10.2. The van der Waals surface area contributed by atoms with Crippen molar-refractivity contribution >= 4 is 29.3 Å². The maximum absolute atomic E-state index is 12.7. The first-order valence-electron chi connectivity index (χ1n) is 9.32. The Bertz CT molecular complexity index is 855. The third kappa shape index (κ3) is 8.33. The zero-order valence-electron chi connectivity index (χ0n) is 17.1. The fourth-order valence-electron chi connectivity index (χ4n) is 2.58. The molecule has 7 nitrogen and oxygen atoms in total. The Balaban J connectivity index is 2.02. The van der Waals surface area contributed by atoms with Crippen LogP contribution in [0.3, 0.4) is 0 Å². The Kier molecular flexibility index (Phi) is 9.89. The van der Waals surface area contributed by atoms with Crippen LogP contribution in [0.1, 0.15) is 6.42 Å². The molecule has 2 aromatic carbocycles. The number of thioether (sulfide) groups is 1. The van der Waals surface area contributed by atoms with Gasteiger partial charge in [0.1, 0.15) is 11.8 Å². The quantitative estimate of drug-likeness (QED) is 0.510. The Morgan fingerprint density at radius 1 is 1.10 bits per heavy atom. The van der Waals surface area contributed by atoms with Gasteiger partial charge in [0.25, 0.3) is 5.91 Å². The predicted molar refractivity (Wildman–Crippen MR) is 115 cm³/mol. The molecule has 0 aromatic heterocycles. The highest BCUT2D eigenvalue weighted by atomic mass is 32.2. The maximum Gasteiger partial charge on any atom is 0.387 e. The average molecular weight is 454 g/mol. The number of carbonyl (C=O) groups is 2. The number of hydrogen-bond acceptors (Lipinski definition) is 6. The number of carbonyl (C=O) groups excluding carboxylic acids is 2. The Morgan fingerprint density at radius 2 is 1.84 bits per heavy atom. The van der Waals surface area contributed by atoms with Crippen molar-refractivity contribution in [1.82, 2.24) is 5.32 Å². The molecule has 0 aliphatic heterocycles. The number of benzene rings is 2. The van der Waals surface area contributed by atoms with Gasteiger partial charge in [-0.1, -0.05) is 18.2 Å². The molecular formula is C21H24F2N2O5S. The molecule has 0 aliphatic rings. The second-order valence-electron chi connectivity index (χ2n) is 6.24. The first-order valence-corrected chi connectivity index (χ1v) is 10.7. The van der Waals surface area contributed by atoms with Gasteiger partial charge in [0.15, 0.2) is 18.1 Å². The van der Waals surface area contributed by atoms with Crippen molar-refractivity contribution < 1.29 is 32.6 Å². The van der Waals surface area contributed by atoms with Crippen molar-refractivity contribution in [3.63, 3.8) is 0 Å². The van der Waals surface area contributed by atoms with Crippen molar-refractivity contribution in [3.05, 3.63) is 48.5 Å². The molecular weight excluding hydrogens is 430 g/mol. The van der Waals surface area contributed by atoms with Crippen LogP contribution in [0.4, 0.5) is 14.5 Å². The van der Waals surface area contributed by atoms with Gasteiger partial charge in [-0.25, -0.2) is 0 Å². The van der Waals surface area contributed by atoms with Crippen molar-refractivity contribution in [3.8, 4) is 17.2 Å². The monoisotopic (exact) mass is 454 g/mol. The number of rotatable bonds is 12. The lowest BCUT2D eigenvalue weighted by Crippen LogP contribution is -2.45. The predicted octanol–water partition coefficient (Wildman–Crippen LogP) is 3.55. The molecule has 0 saturated heterocycles. The summed E-state index contributed by atoms with van der Waals surface area (Å²) in [6.45, 7) is -3.29. The minimum absolute atomic E-state index is 0.101. The number of nitrogens with one attached hydrogen (secondary N) is 2. The van der Waals surface area contributed by atoms with Gasteiger partial charge >= 0.3 is 6.61 Å². The largest absolute Gasteiger partial charge is 0.493 e. The molecule has 31 heavy (non-hydrogen) atoms. The lowest BCUT2D eigenvalue weighted by molar-refractivity contribution is -0.127. The molecule has 0 saturated carbocycles. The molecule has 2 amide bonds. The van der Waals surface area contributed by atoms with E-state index in [0.717, 1.165) is 0 Å². The van der Waals surface area contributed by atoms with Gasteiger partial charge in [-0.15, -0.1) is 0 Å². The van der Waals surface area contributed by atoms with Crippen LogP contribution in [0.25, 0.3) is 0 Å². The third-order valence-electron chi connectivity index (χ3n) is 4.02. The molecule has 2 rings (SSSR count). The van der Waals surface area contributed by atoms with Crippen LogP contribution in [0.5, 0.6) is 17.2 Å². The average Bonchev–Trinajstić information content (AvgIpc) is 2.75. The molecule has 1 unspecified atom stereocenters. The van der Waals surface area contributed by atoms with Gasteiger partial charge in [0.2, 0.25) is 5.91 Å². The number of methoxy groups -OCH3 is 1. The molecule has 168 valence electrons. The number of halogens is 2. The smallest absolute Gasteiger partial charge is 0.387 e. The number of para-hydroxylation sites is 1. The summed E-state index contributed by atoms with van der Waals surface area (Å²) in [5.74, 6) is 0.101. The van der Waals surface area contributed by atoms with E-state index in [1.807, 2.05) is 12.3 Å². The van der Waals surface area contributed by atoms with Crippen molar-refractivity contribution in [1.29, 1.82) is 0 Å². The summed E-state index contributed by atoms with van der Waals surface area (Å²) in [4.78, 5) is 25.0. The molecule has 0 heterocycles. The summed E-state index contributed by atoms with van der Waals surface area (Å²) in [7, 11) is 1.32. The van der Waals surface area contributed by atoms with Gasteiger partial charge < -0.3 is 24.8 Å². The number of anilines is 1. The van der Waals surface area contributed by atoms with E-state index in [0.29, 0.717) is 17.9 Å². The van der Waals surface area contributed by atoms with E-state index < -0.39 is 24.5 Å². The summed E-state index contributed by atoms with van der Waals surface area (Å²) < 4.78 is 40.0. The van der Waals surface area contributed by atoms with Gasteiger partial charge in [-0.05, 0) is 42.7 Å². The standard InChI is InChI=1S/C21H24F2N2O5S/c1-28-17-9-8-14(12-18(17)30-21(22)23)24-20(27)16(10-11-31-2)25-19(26)13-29-15-6-4-3-5-7-15/h3-9,12,16,21H,10-11,13H2,1-2H3,(H,24,27)(H,25,26). The lowest BCUT2D eigenvalue weighted by Gasteiger charge is -2.19. The molecule has 2 N–H and O–H groups in total. The summed E-state index contributed by atoms with van der Waals surface area (Å²) in [5.41, 5.74) is 0.227. The SMILES string of the molecule is COc1ccc(NC(=O)C(CCSC)NC(=O)COc2ccccc2)cc1OC(F)F. The van der Waals surface area contributed by atoms with Crippen LogP contribution in [-0.4, -0.2) is 50.2 Å². The molecule has 0 spiro atoms. The maximum atomic E-state index is 12.7. The van der Waals surface area contributed by atoms with E-state index in [4.69, 9.17) is 9.47 Å². The van der Waals surface area contributed by atoms with Gasteiger partial charge in [-0.3, -0.25) is 9.59 Å². The highest BCUT2D eigenvalue weighted by Crippen LogP contribution is 2.31. The highest BCUT2D eigenvalue weighted by molar-refractivity contribution is 7.98. The van der Waals surface area contributed by atoms with E-state index >= 15 is 0 Å². The van der Waals surface area contributed by atoms with Crippen LogP contribution in [0.2, 0.25) is 0 Å². The molecule has 0 aliphatic carbocycles. The minimum atomic E-state index is -3.04. The molecule has 0 fully saturated rings. The van der Waals surface area contributed by atoms with Crippen molar-refractivity contribution in [2.24, 2.45) is 0 Å². The topological polar surface area (TPSA) is 85.9 Å². The van der Waals surface area contributed by atoms with Crippen LogP contribution >= 0.6 is 11.8 Å². The fourth-order valence-corrected chi connectivity index (χ4v) is 3.05. The van der Waals surface area contributed by atoms with E-state index in [1.165, 1.54) is 37.1 Å². The second kappa shape index (κ2) is 12.6. The summed E-state index contributed by atoms with van der Waals surface area (Å²) in [6, 6.07) is 12.1. The molecule has 1 atom stereocenters. The van der Waals surface area contributed by atoms with Gasteiger partial charge in [0, 0.05) is 11.8 Å². The normalized spacial score (nSPS) is 11.5. The zero-order chi connectivity index (χ0) is 22.6. The van der Waals surface area contributed by atoms with Crippen LogP contribution in [-0.2, 0) is 9.59 Å². The molecule has 0 bridgehead atoms. The highest BCUT2D eigenvalue weighted by Gasteiger charge is 2.22. The first kappa shape index (κ1) is 24.3. The summed E-state index contributed by atoms with van der Waals surface area (Å²) in [5, 5.41) is 5.26. The molecule has 0 radical (unpaired) electrons. The second-order valence-corrected chi connectivity index (χ2v) is 7.22. The fraction of sp³-hybridized carbons (Fsp3) is 0.333. The van der Waals surface area contributed by atoms with E-state index in [-0.39, 0.29) is 23.8 Å². The van der Waals surface area contributed by atoms with Crippen molar-refractivity contribution in [2.45, 2.75) is 19.1 Å². The minimum Gasteiger partial charge on any atom is -0.493 e. The van der Waals surface area contributed by atoms with Crippen LogP contribution < -0.4 is 24.8 Å². The Morgan fingerprint density at radius 3 is 2.48 bits per heavy atom. The van der Waals surface area contributed by atoms with Crippen LogP contribution in [0.15, 0.2) is 48.5 Å². The summed E-state index contributed by atoms with van der Waals surface area (Å²) in [6.07, 6.45) is 2.26. The summed E-state index contributed by atoms with van der Waals surface area (Å²) >= 11 is 1.52. The Labute approximate surface area is 183 Å². The zero-order valence-corrected chi connectivity index (χ0v) is 17.9. The Hall–Kier alpha value is -3.01. The molecule has 2 aromatic rings. The number of hydrogen-bond donors (Lipinski definition) is 2. The number of alkyl halides is 2. The van der Waals surface area contributed by atoms with E-state index in [1.54, 1.807) is 24.3 Å².